The summed E-state index contributed by atoms with van der Waals surface area (Å²) in [4.78, 5) is 12.4. The van der Waals surface area contributed by atoms with Crippen molar-refractivity contribution in [1.82, 2.24) is 20.0 Å². The number of guanidine groups is 1. The van der Waals surface area contributed by atoms with Gasteiger partial charge in [-0.15, -0.1) is 24.0 Å². The highest BCUT2D eigenvalue weighted by Crippen LogP contribution is 2.46. The van der Waals surface area contributed by atoms with E-state index in [1.54, 1.807) is 0 Å². The van der Waals surface area contributed by atoms with Crippen molar-refractivity contribution < 1.29 is 0 Å². The maximum absolute atomic E-state index is 4.91. The van der Waals surface area contributed by atoms with Crippen LogP contribution < -0.4 is 5.32 Å². The van der Waals surface area contributed by atoms with E-state index in [2.05, 4.69) is 61.7 Å². The van der Waals surface area contributed by atoms with Crippen molar-refractivity contribution in [1.29, 1.82) is 0 Å². The maximum atomic E-state index is 4.91. The monoisotopic (exact) mass is 465 g/mol. The lowest BCUT2D eigenvalue weighted by Gasteiger charge is -2.62. The third kappa shape index (κ3) is 5.70. The number of nitrogens with zero attached hydrogens (tertiary/aromatic N) is 4. The van der Waals surface area contributed by atoms with Crippen LogP contribution in [0.4, 0.5) is 0 Å². The molecule has 2 heterocycles. The van der Waals surface area contributed by atoms with Crippen LogP contribution in [0.25, 0.3) is 0 Å². The lowest BCUT2D eigenvalue weighted by atomic mass is 9.65. The molecule has 2 aliphatic rings. The smallest absolute Gasteiger partial charge is 0.194 e. The average Bonchev–Trinajstić information content (AvgIpc) is 2.73. The van der Waals surface area contributed by atoms with Gasteiger partial charge in [-0.2, -0.15) is 0 Å². The van der Waals surface area contributed by atoms with Crippen LogP contribution in [0.2, 0.25) is 0 Å². The molecule has 0 saturated carbocycles. The lowest BCUT2D eigenvalue weighted by Crippen LogP contribution is -2.72. The van der Waals surface area contributed by atoms with Gasteiger partial charge in [0.1, 0.15) is 0 Å². The third-order valence-electron chi connectivity index (χ3n) is 6.18. The maximum Gasteiger partial charge on any atom is 0.194 e. The summed E-state index contributed by atoms with van der Waals surface area (Å²) in [6.07, 6.45) is 2.44. The first-order valence-corrected chi connectivity index (χ1v) is 9.75. The van der Waals surface area contributed by atoms with Gasteiger partial charge in [0.05, 0.1) is 0 Å². The number of likely N-dealkylation sites (N-methyl/N-ethyl adjacent to an activating group) is 1. The Hall–Kier alpha value is -0.0800. The van der Waals surface area contributed by atoms with Crippen LogP contribution in [0.15, 0.2) is 4.99 Å². The molecule has 0 aliphatic carbocycles. The summed E-state index contributed by atoms with van der Waals surface area (Å²) < 4.78 is 0. The van der Waals surface area contributed by atoms with E-state index >= 15 is 0 Å². The van der Waals surface area contributed by atoms with Crippen molar-refractivity contribution in [2.45, 2.75) is 53.0 Å². The largest absolute Gasteiger partial charge is 0.356 e. The van der Waals surface area contributed by atoms with Gasteiger partial charge in [-0.25, -0.2) is 0 Å². The minimum Gasteiger partial charge on any atom is -0.356 e. The molecule has 0 atom stereocenters. The first-order valence-electron chi connectivity index (χ1n) is 9.75. The fraction of sp³-hybridized carbons (Fsp3) is 0.947. The molecule has 2 fully saturated rings. The van der Waals surface area contributed by atoms with E-state index in [9.17, 15) is 0 Å². The molecule has 0 radical (unpaired) electrons. The summed E-state index contributed by atoms with van der Waals surface area (Å²) in [7, 11) is 2.23. The van der Waals surface area contributed by atoms with Crippen molar-refractivity contribution >= 4 is 29.9 Å². The third-order valence-corrected chi connectivity index (χ3v) is 6.18. The topological polar surface area (TPSA) is 34.1 Å². The highest BCUT2D eigenvalue weighted by Gasteiger charge is 2.53. The highest BCUT2D eigenvalue weighted by atomic mass is 127. The zero-order valence-corrected chi connectivity index (χ0v) is 19.6. The second-order valence-corrected chi connectivity index (χ2v) is 8.62. The van der Waals surface area contributed by atoms with E-state index in [1.807, 2.05) is 0 Å². The van der Waals surface area contributed by atoms with Gasteiger partial charge in [0.25, 0.3) is 0 Å². The SMILES string of the molecule is CCNC(=NCCCN1CCCN(C)CC1)N1CC(C)(C)C1(C)C.I. The second kappa shape index (κ2) is 9.74. The molecule has 148 valence electrons. The first kappa shape index (κ1) is 23.0. The van der Waals surface area contributed by atoms with Crippen molar-refractivity contribution in [2.75, 3.05) is 59.4 Å². The van der Waals surface area contributed by atoms with Crippen LogP contribution in [-0.2, 0) is 0 Å². The fourth-order valence-corrected chi connectivity index (χ4v) is 3.60. The van der Waals surface area contributed by atoms with Gasteiger partial charge in [0.2, 0.25) is 0 Å². The lowest BCUT2D eigenvalue weighted by molar-refractivity contribution is -0.0667. The molecule has 2 aliphatic heterocycles. The van der Waals surface area contributed by atoms with Crippen LogP contribution in [0.5, 0.6) is 0 Å². The molecule has 0 unspecified atom stereocenters. The Bertz CT molecular complexity index is 436. The van der Waals surface area contributed by atoms with Crippen LogP contribution in [0.3, 0.4) is 0 Å². The molecule has 2 rings (SSSR count). The van der Waals surface area contributed by atoms with Gasteiger partial charge in [-0.3, -0.25) is 4.99 Å². The number of hydrogen-bond donors (Lipinski definition) is 1. The van der Waals surface area contributed by atoms with E-state index in [0.29, 0.717) is 5.41 Å². The minimum atomic E-state index is 0. The summed E-state index contributed by atoms with van der Waals surface area (Å²) >= 11 is 0. The Balaban J connectivity index is 0.00000312. The number of aliphatic imine (C=N–C) groups is 1. The Morgan fingerprint density at radius 3 is 2.40 bits per heavy atom. The normalized spacial score (nSPS) is 24.2. The van der Waals surface area contributed by atoms with Crippen LogP contribution in [0, 0.1) is 5.41 Å². The van der Waals surface area contributed by atoms with E-state index < -0.39 is 0 Å². The van der Waals surface area contributed by atoms with Gasteiger partial charge in [0, 0.05) is 43.7 Å². The predicted octanol–water partition coefficient (Wildman–Crippen LogP) is 2.72. The van der Waals surface area contributed by atoms with Gasteiger partial charge in [-0.05, 0) is 60.3 Å². The number of nitrogens with one attached hydrogen (secondary N) is 1. The molecule has 0 amide bonds. The van der Waals surface area contributed by atoms with Crippen molar-refractivity contribution in [3.05, 3.63) is 0 Å². The Morgan fingerprint density at radius 2 is 1.80 bits per heavy atom. The number of halogens is 1. The van der Waals surface area contributed by atoms with E-state index in [-0.39, 0.29) is 29.5 Å². The molecule has 6 heteroatoms. The minimum absolute atomic E-state index is 0. The summed E-state index contributed by atoms with van der Waals surface area (Å²) in [5.74, 6) is 1.09. The summed E-state index contributed by atoms with van der Waals surface area (Å²) in [6, 6.07) is 0. The number of hydrogen-bond acceptors (Lipinski definition) is 3. The van der Waals surface area contributed by atoms with Gasteiger partial charge < -0.3 is 20.0 Å². The standard InChI is InChI=1S/C19H39N5.HI/c1-7-20-17(24-16-18(2,3)19(24,4)5)21-10-8-12-23-13-9-11-22(6)14-15-23;/h7-16H2,1-6H3,(H,20,21);1H. The molecular weight excluding hydrogens is 425 g/mol. The first-order chi connectivity index (χ1) is 11.3. The molecule has 0 aromatic heterocycles. The average molecular weight is 465 g/mol. The predicted molar refractivity (Wildman–Crippen MR) is 119 cm³/mol. The summed E-state index contributed by atoms with van der Waals surface area (Å²) in [5, 5.41) is 3.49. The molecule has 5 nitrogen and oxygen atoms in total. The molecular formula is C19H40IN5. The van der Waals surface area contributed by atoms with Crippen molar-refractivity contribution in [3.8, 4) is 0 Å². The second-order valence-electron chi connectivity index (χ2n) is 8.62. The Kier molecular flexibility index (Phi) is 8.94. The molecule has 2 saturated heterocycles. The molecule has 0 bridgehead atoms. The quantitative estimate of drug-likeness (QED) is 0.293. The fourth-order valence-electron chi connectivity index (χ4n) is 3.60. The van der Waals surface area contributed by atoms with E-state index in [0.717, 1.165) is 32.0 Å². The number of rotatable bonds is 5. The number of likely N-dealkylation sites (tertiary alicyclic amines) is 1. The van der Waals surface area contributed by atoms with E-state index in [4.69, 9.17) is 4.99 Å². The van der Waals surface area contributed by atoms with Gasteiger partial charge >= 0.3 is 0 Å². The Labute approximate surface area is 172 Å². The molecule has 0 aromatic carbocycles. The van der Waals surface area contributed by atoms with Gasteiger partial charge in [-0.1, -0.05) is 13.8 Å². The van der Waals surface area contributed by atoms with Crippen LogP contribution in [0.1, 0.15) is 47.5 Å². The summed E-state index contributed by atoms with van der Waals surface area (Å²) in [5.41, 5.74) is 0.518. The highest BCUT2D eigenvalue weighted by molar-refractivity contribution is 14.0. The zero-order chi connectivity index (χ0) is 17.8. The molecule has 0 aromatic rings. The van der Waals surface area contributed by atoms with E-state index in [1.165, 1.54) is 39.1 Å². The van der Waals surface area contributed by atoms with Crippen molar-refractivity contribution in [3.63, 3.8) is 0 Å². The molecule has 25 heavy (non-hydrogen) atoms. The Morgan fingerprint density at radius 1 is 1.08 bits per heavy atom. The molecule has 1 N–H and O–H groups in total. The summed E-state index contributed by atoms with van der Waals surface area (Å²) in [6.45, 7) is 20.5. The van der Waals surface area contributed by atoms with Crippen molar-refractivity contribution in [2.24, 2.45) is 10.4 Å². The van der Waals surface area contributed by atoms with Gasteiger partial charge in [0.15, 0.2) is 5.96 Å². The molecule has 0 spiro atoms. The van der Waals surface area contributed by atoms with Crippen LogP contribution >= 0.6 is 24.0 Å². The zero-order valence-electron chi connectivity index (χ0n) is 17.3. The van der Waals surface area contributed by atoms with Crippen LogP contribution in [-0.4, -0.2) is 85.6 Å².